The van der Waals surface area contributed by atoms with Crippen molar-refractivity contribution in [3.63, 3.8) is 0 Å². The van der Waals surface area contributed by atoms with E-state index in [1.165, 1.54) is 0 Å². The number of rotatable bonds is 7. The molecule has 1 spiro atoms. The fraction of sp³-hybridized carbons (Fsp3) is 0.424. The number of hydrogen-bond acceptors (Lipinski definition) is 5. The third-order valence-electron chi connectivity index (χ3n) is 8.89. The van der Waals surface area contributed by atoms with Crippen LogP contribution in [0.4, 0.5) is 5.69 Å². The molecule has 9 heteroatoms. The summed E-state index contributed by atoms with van der Waals surface area (Å²) in [7, 11) is 0. The van der Waals surface area contributed by atoms with Gasteiger partial charge < -0.3 is 19.8 Å². The minimum Gasteiger partial charge on any atom is -0.394 e. The van der Waals surface area contributed by atoms with Crippen molar-refractivity contribution in [3.8, 4) is 0 Å². The summed E-state index contributed by atoms with van der Waals surface area (Å²) in [5.41, 5.74) is 1.60. The summed E-state index contributed by atoms with van der Waals surface area (Å²) in [4.78, 5) is 48.7. The Morgan fingerprint density at radius 1 is 0.976 bits per heavy atom. The van der Waals surface area contributed by atoms with Crippen LogP contribution in [-0.2, 0) is 20.9 Å². The van der Waals surface area contributed by atoms with Gasteiger partial charge in [-0.3, -0.25) is 14.4 Å². The van der Waals surface area contributed by atoms with Gasteiger partial charge >= 0.3 is 0 Å². The van der Waals surface area contributed by atoms with Gasteiger partial charge in [0.25, 0.3) is 5.91 Å². The van der Waals surface area contributed by atoms with E-state index in [1.54, 1.807) is 27.6 Å². The van der Waals surface area contributed by atoms with E-state index in [9.17, 15) is 19.5 Å². The average molecular weight is 606 g/mol. The Bertz CT molecular complexity index is 1430. The van der Waals surface area contributed by atoms with Crippen LogP contribution in [0.5, 0.6) is 0 Å². The number of halogens is 1. The van der Waals surface area contributed by atoms with Crippen LogP contribution in [0, 0.1) is 17.8 Å². The number of aliphatic hydroxyl groups is 1. The van der Waals surface area contributed by atoms with Gasteiger partial charge in [-0.25, -0.2) is 0 Å². The highest BCUT2D eigenvalue weighted by atomic mass is 35.5. The molecule has 0 saturated carbocycles. The molecule has 6 atom stereocenters. The first-order valence-electron chi connectivity index (χ1n) is 14.6. The number of carbonyl (C=O) groups excluding carboxylic acids is 3. The van der Waals surface area contributed by atoms with Crippen molar-refractivity contribution < 1.29 is 19.5 Å². The molecule has 0 radical (unpaired) electrons. The molecular weight excluding hydrogens is 570 g/mol. The molecule has 0 aliphatic carbocycles. The van der Waals surface area contributed by atoms with E-state index >= 15 is 0 Å². The molecule has 7 nitrogen and oxygen atoms in total. The Hall–Kier alpha value is -3.07. The number of hydrogen-bond donors (Lipinski definition) is 1. The topological polar surface area (TPSA) is 81.2 Å². The van der Waals surface area contributed by atoms with Gasteiger partial charge in [0.15, 0.2) is 0 Å². The molecule has 6 rings (SSSR count). The number of amides is 3. The van der Waals surface area contributed by atoms with Crippen LogP contribution < -0.4 is 4.90 Å². The fourth-order valence-corrected chi connectivity index (χ4v) is 9.41. The number of thioether (sulfide) groups is 1. The molecule has 4 aliphatic rings. The van der Waals surface area contributed by atoms with Gasteiger partial charge in [-0.2, -0.15) is 0 Å². The number of aliphatic hydroxyl groups excluding tert-OH is 1. The molecule has 42 heavy (non-hydrogen) atoms. The van der Waals surface area contributed by atoms with E-state index in [4.69, 9.17) is 11.6 Å². The molecule has 2 aromatic rings. The van der Waals surface area contributed by atoms with E-state index in [1.807, 2.05) is 91.6 Å². The van der Waals surface area contributed by atoms with Crippen LogP contribution in [0.2, 0.25) is 5.02 Å². The van der Waals surface area contributed by atoms with Crippen LogP contribution >= 0.6 is 23.4 Å². The molecule has 2 saturated heterocycles. The van der Waals surface area contributed by atoms with Crippen LogP contribution in [0.3, 0.4) is 0 Å². The summed E-state index contributed by atoms with van der Waals surface area (Å²) in [5.74, 6) is -1.73. The van der Waals surface area contributed by atoms with E-state index in [2.05, 4.69) is 0 Å². The van der Waals surface area contributed by atoms with E-state index < -0.39 is 28.7 Å². The minimum absolute atomic E-state index is 0.0744. The van der Waals surface area contributed by atoms with Crippen molar-refractivity contribution in [2.24, 2.45) is 17.8 Å². The highest BCUT2D eigenvalue weighted by Crippen LogP contribution is 2.61. The summed E-state index contributed by atoms with van der Waals surface area (Å²) >= 11 is 8.12. The Kier molecular flexibility index (Phi) is 7.98. The van der Waals surface area contributed by atoms with Crippen molar-refractivity contribution in [2.75, 3.05) is 24.6 Å². The highest BCUT2D eigenvalue weighted by Gasteiger charge is 2.71. The van der Waals surface area contributed by atoms with Gasteiger partial charge in [-0.05, 0) is 30.0 Å². The maximum atomic E-state index is 14.7. The van der Waals surface area contributed by atoms with Crippen LogP contribution in [0.1, 0.15) is 25.8 Å². The quantitative estimate of drug-likeness (QED) is 0.469. The van der Waals surface area contributed by atoms with Crippen LogP contribution in [0.25, 0.3) is 0 Å². The molecule has 0 bridgehead atoms. The Labute approximate surface area is 256 Å². The van der Waals surface area contributed by atoms with E-state index in [0.717, 1.165) is 5.56 Å². The normalized spacial score (nSPS) is 29.5. The van der Waals surface area contributed by atoms with Crippen molar-refractivity contribution in [1.29, 1.82) is 0 Å². The Morgan fingerprint density at radius 3 is 2.43 bits per heavy atom. The molecule has 4 aliphatic heterocycles. The van der Waals surface area contributed by atoms with Crippen molar-refractivity contribution in [2.45, 2.75) is 48.9 Å². The van der Waals surface area contributed by atoms with Gasteiger partial charge in [0.1, 0.15) is 6.04 Å². The fourth-order valence-electron chi connectivity index (χ4n) is 7.17. The summed E-state index contributed by atoms with van der Waals surface area (Å²) in [5, 5.41) is 10.8. The maximum absolute atomic E-state index is 14.7. The lowest BCUT2D eigenvalue weighted by molar-refractivity contribution is -0.145. The van der Waals surface area contributed by atoms with Gasteiger partial charge in [0.05, 0.1) is 39.9 Å². The molecule has 1 N–H and O–H groups in total. The molecule has 2 fully saturated rings. The number of likely N-dealkylation sites (tertiary alicyclic amines) is 1. The third-order valence-corrected chi connectivity index (χ3v) is 11.0. The Balaban J connectivity index is 1.44. The average Bonchev–Trinajstić information content (AvgIpc) is 3.30. The molecule has 220 valence electrons. The van der Waals surface area contributed by atoms with Crippen LogP contribution in [0.15, 0.2) is 78.9 Å². The molecule has 3 amide bonds. The largest absolute Gasteiger partial charge is 0.394 e. The minimum atomic E-state index is -0.959. The number of anilines is 1. The third kappa shape index (κ3) is 4.77. The van der Waals surface area contributed by atoms with Crippen molar-refractivity contribution in [1.82, 2.24) is 9.80 Å². The first-order valence-corrected chi connectivity index (χ1v) is 15.9. The highest BCUT2D eigenvalue weighted by molar-refractivity contribution is 8.02. The monoisotopic (exact) mass is 605 g/mol. The zero-order valence-corrected chi connectivity index (χ0v) is 25.4. The number of para-hydroxylation sites is 1. The maximum Gasteiger partial charge on any atom is 0.251 e. The zero-order valence-electron chi connectivity index (χ0n) is 23.8. The number of carbonyl (C=O) groups is 3. The standard InChI is InChI=1S/C33H36ClN3O4S/c1-21(2)18-23(20-38)37-29-32(41)36(25-13-7-6-12-24(25)34)17-9-15-33(29)28(31(37)40)27-26(42-33)14-8-16-35(30(27)39)19-22-10-4-3-5-11-22/h3-15,21,23,26-29,38H,16-20H2,1-2H3/t23-,26+,27-,28+,29?,33+/m1/s1. The predicted octanol–water partition coefficient (Wildman–Crippen LogP) is 4.55. The number of fused-ring (bicyclic) bond motifs is 2. The SMILES string of the molecule is CC(C)C[C@H](CO)N1C(=O)[C@@H]2[C@@H]3C(=O)N(Cc4ccccc4)CC=C[C@@H]3S[C@@]23C=CCN(c2ccccc2Cl)C(=O)C13. The van der Waals surface area contributed by atoms with E-state index in [0.29, 0.717) is 36.8 Å². The summed E-state index contributed by atoms with van der Waals surface area (Å²) in [6.45, 7) is 5.01. The lowest BCUT2D eigenvalue weighted by Crippen LogP contribution is -2.57. The number of benzene rings is 2. The zero-order chi connectivity index (χ0) is 29.6. The van der Waals surface area contributed by atoms with Crippen molar-refractivity contribution in [3.05, 3.63) is 89.5 Å². The first-order chi connectivity index (χ1) is 20.3. The molecule has 2 aromatic carbocycles. The van der Waals surface area contributed by atoms with Gasteiger partial charge in [0, 0.05) is 24.9 Å². The molecule has 1 unspecified atom stereocenters. The van der Waals surface area contributed by atoms with Gasteiger partial charge in [0.2, 0.25) is 11.8 Å². The van der Waals surface area contributed by atoms with Gasteiger partial charge in [-0.1, -0.05) is 92.2 Å². The molecular formula is C33H36ClN3O4S. The molecule has 0 aromatic heterocycles. The lowest BCUT2D eigenvalue weighted by Gasteiger charge is -2.39. The first kappa shape index (κ1) is 29.0. The number of nitrogens with zero attached hydrogens (tertiary/aromatic N) is 3. The smallest absolute Gasteiger partial charge is 0.251 e. The van der Waals surface area contributed by atoms with Crippen LogP contribution in [-0.4, -0.2) is 74.4 Å². The lowest BCUT2D eigenvalue weighted by atomic mass is 9.78. The summed E-state index contributed by atoms with van der Waals surface area (Å²) in [6.07, 6.45) is 8.54. The second-order valence-electron chi connectivity index (χ2n) is 12.0. The Morgan fingerprint density at radius 2 is 1.71 bits per heavy atom. The van der Waals surface area contributed by atoms with Gasteiger partial charge in [-0.15, -0.1) is 11.8 Å². The van der Waals surface area contributed by atoms with E-state index in [-0.39, 0.29) is 35.5 Å². The predicted molar refractivity (Wildman–Crippen MR) is 166 cm³/mol. The molecule has 4 heterocycles. The summed E-state index contributed by atoms with van der Waals surface area (Å²) in [6, 6.07) is 15.6. The van der Waals surface area contributed by atoms with Crippen molar-refractivity contribution >= 4 is 46.8 Å². The summed E-state index contributed by atoms with van der Waals surface area (Å²) < 4.78 is -0.959. The second kappa shape index (κ2) is 11.5. The second-order valence-corrected chi connectivity index (χ2v) is 13.9.